The third-order valence-electron chi connectivity index (χ3n) is 3.22. The predicted molar refractivity (Wildman–Crippen MR) is 68.4 cm³/mol. The van der Waals surface area contributed by atoms with Crippen molar-refractivity contribution in [2.24, 2.45) is 0 Å². The lowest BCUT2D eigenvalue weighted by atomic mass is 9.88. The first-order chi connectivity index (χ1) is 8.43. The summed E-state index contributed by atoms with van der Waals surface area (Å²) in [7, 11) is 1.41. The molecular formula is C13H21N3O2. The van der Waals surface area contributed by atoms with E-state index in [1.807, 2.05) is 4.68 Å². The normalized spacial score (nSPS) is 15.3. The molecule has 5 nitrogen and oxygen atoms in total. The predicted octanol–water partition coefficient (Wildman–Crippen LogP) is 0.999. The minimum Gasteiger partial charge on any atom is -0.468 e. The van der Waals surface area contributed by atoms with Crippen molar-refractivity contribution < 1.29 is 9.53 Å². The molecule has 1 aromatic heterocycles. The van der Waals surface area contributed by atoms with Gasteiger partial charge in [0.15, 0.2) is 0 Å². The Balaban J connectivity index is 2.42. The number of nitrogens with zero attached hydrogens (tertiary/aromatic N) is 2. The van der Waals surface area contributed by atoms with E-state index >= 15 is 0 Å². The third kappa shape index (κ3) is 2.41. The summed E-state index contributed by atoms with van der Waals surface area (Å²) in [6.45, 7) is 8.41. The van der Waals surface area contributed by atoms with Gasteiger partial charge in [-0.15, -0.1) is 0 Å². The number of nitrogens with one attached hydrogen (secondary N) is 1. The molecule has 18 heavy (non-hydrogen) atoms. The van der Waals surface area contributed by atoms with Gasteiger partial charge in [0.2, 0.25) is 0 Å². The monoisotopic (exact) mass is 251 g/mol. The van der Waals surface area contributed by atoms with Crippen molar-refractivity contribution in [1.82, 2.24) is 15.1 Å². The van der Waals surface area contributed by atoms with Crippen LogP contribution in [0.25, 0.3) is 0 Å². The molecule has 0 unspecified atom stereocenters. The van der Waals surface area contributed by atoms with Gasteiger partial charge in [-0.1, -0.05) is 20.8 Å². The standard InChI is InChI=1S/C13H21N3O2/c1-13(2,3)12-9-7-14-6-5-10(9)16(15-12)8-11(17)18-4/h14H,5-8H2,1-4H3. The number of ether oxygens (including phenoxy) is 1. The molecule has 2 heterocycles. The van der Waals surface area contributed by atoms with Gasteiger partial charge in [-0.2, -0.15) is 5.10 Å². The van der Waals surface area contributed by atoms with Crippen molar-refractivity contribution in [3.05, 3.63) is 17.0 Å². The van der Waals surface area contributed by atoms with E-state index < -0.39 is 0 Å². The van der Waals surface area contributed by atoms with Crippen molar-refractivity contribution >= 4 is 5.97 Å². The van der Waals surface area contributed by atoms with Crippen LogP contribution in [0.5, 0.6) is 0 Å². The Morgan fingerprint density at radius 3 is 2.83 bits per heavy atom. The van der Waals surface area contributed by atoms with E-state index in [1.54, 1.807) is 0 Å². The molecule has 0 radical (unpaired) electrons. The van der Waals surface area contributed by atoms with Gasteiger partial charge in [-0.05, 0) is 0 Å². The van der Waals surface area contributed by atoms with Crippen LogP contribution in [0.15, 0.2) is 0 Å². The van der Waals surface area contributed by atoms with Crippen LogP contribution in [0, 0.1) is 0 Å². The Morgan fingerprint density at radius 1 is 1.50 bits per heavy atom. The Morgan fingerprint density at radius 2 is 2.22 bits per heavy atom. The summed E-state index contributed by atoms with van der Waals surface area (Å²) in [5, 5.41) is 7.99. The maximum atomic E-state index is 11.4. The Hall–Kier alpha value is -1.36. The highest BCUT2D eigenvalue weighted by molar-refractivity contribution is 5.69. The molecule has 0 spiro atoms. The van der Waals surface area contributed by atoms with Crippen LogP contribution in [0.2, 0.25) is 0 Å². The average Bonchev–Trinajstić information content (AvgIpc) is 2.68. The summed E-state index contributed by atoms with van der Waals surface area (Å²) in [6.07, 6.45) is 0.912. The van der Waals surface area contributed by atoms with Crippen LogP contribution < -0.4 is 5.32 Å². The number of methoxy groups -OCH3 is 1. The molecule has 5 heteroatoms. The summed E-state index contributed by atoms with van der Waals surface area (Å²) in [5.74, 6) is -0.251. The van der Waals surface area contributed by atoms with Crippen LogP contribution in [0.4, 0.5) is 0 Å². The smallest absolute Gasteiger partial charge is 0.327 e. The van der Waals surface area contributed by atoms with E-state index in [9.17, 15) is 4.79 Å². The summed E-state index contributed by atoms with van der Waals surface area (Å²) in [5.41, 5.74) is 3.49. The van der Waals surface area contributed by atoms with E-state index in [4.69, 9.17) is 4.74 Å². The Labute approximate surface area is 108 Å². The molecule has 1 aromatic rings. The molecule has 0 aromatic carbocycles. The molecule has 0 amide bonds. The molecule has 0 saturated carbocycles. The molecular weight excluding hydrogens is 230 g/mol. The first-order valence-corrected chi connectivity index (χ1v) is 6.30. The largest absolute Gasteiger partial charge is 0.468 e. The molecule has 0 fully saturated rings. The molecule has 0 saturated heterocycles. The Kier molecular flexibility index (Phi) is 3.43. The fourth-order valence-corrected chi connectivity index (χ4v) is 2.34. The van der Waals surface area contributed by atoms with Gasteiger partial charge in [0, 0.05) is 36.2 Å². The topological polar surface area (TPSA) is 56.2 Å². The van der Waals surface area contributed by atoms with Crippen LogP contribution in [-0.4, -0.2) is 29.4 Å². The summed E-state index contributed by atoms with van der Waals surface area (Å²) >= 11 is 0. The molecule has 1 aliphatic rings. The highest BCUT2D eigenvalue weighted by Gasteiger charge is 2.28. The molecule has 2 rings (SSSR count). The van der Waals surface area contributed by atoms with Crippen LogP contribution >= 0.6 is 0 Å². The second kappa shape index (κ2) is 4.72. The minimum atomic E-state index is -0.251. The number of aromatic nitrogens is 2. The maximum Gasteiger partial charge on any atom is 0.327 e. The zero-order chi connectivity index (χ0) is 13.3. The van der Waals surface area contributed by atoms with Crippen molar-refractivity contribution in [1.29, 1.82) is 0 Å². The average molecular weight is 251 g/mol. The molecule has 0 aliphatic carbocycles. The fraction of sp³-hybridized carbons (Fsp3) is 0.692. The lowest BCUT2D eigenvalue weighted by molar-refractivity contribution is -0.141. The zero-order valence-electron chi connectivity index (χ0n) is 11.5. The molecule has 1 aliphatic heterocycles. The number of esters is 1. The van der Waals surface area contributed by atoms with Gasteiger partial charge >= 0.3 is 5.97 Å². The zero-order valence-corrected chi connectivity index (χ0v) is 11.5. The second-order valence-electron chi connectivity index (χ2n) is 5.68. The van der Waals surface area contributed by atoms with Crippen molar-refractivity contribution in [3.8, 4) is 0 Å². The van der Waals surface area contributed by atoms with E-state index in [0.717, 1.165) is 25.2 Å². The number of hydrogen-bond donors (Lipinski definition) is 1. The summed E-state index contributed by atoms with van der Waals surface area (Å²) in [6, 6.07) is 0. The van der Waals surface area contributed by atoms with Gasteiger partial charge in [0.25, 0.3) is 0 Å². The van der Waals surface area contributed by atoms with Gasteiger partial charge in [-0.3, -0.25) is 9.48 Å². The maximum absolute atomic E-state index is 11.4. The van der Waals surface area contributed by atoms with Crippen LogP contribution in [-0.2, 0) is 34.5 Å². The minimum absolute atomic E-state index is 0.00945. The highest BCUT2D eigenvalue weighted by Crippen LogP contribution is 2.28. The quantitative estimate of drug-likeness (QED) is 0.797. The molecule has 0 bridgehead atoms. The number of hydrogen-bond acceptors (Lipinski definition) is 4. The van der Waals surface area contributed by atoms with Gasteiger partial charge in [0.1, 0.15) is 6.54 Å². The van der Waals surface area contributed by atoms with E-state index in [0.29, 0.717) is 0 Å². The summed E-state index contributed by atoms with van der Waals surface area (Å²) < 4.78 is 6.53. The second-order valence-corrected chi connectivity index (χ2v) is 5.68. The molecule has 1 N–H and O–H groups in total. The van der Waals surface area contributed by atoms with Gasteiger partial charge in [-0.25, -0.2) is 0 Å². The SMILES string of the molecule is COC(=O)Cn1nc(C(C)(C)C)c2c1CCNC2. The Bertz CT molecular complexity index is 458. The first kappa shape index (κ1) is 13.1. The van der Waals surface area contributed by atoms with E-state index in [2.05, 4.69) is 31.2 Å². The number of carbonyl (C=O) groups excluding carboxylic acids is 1. The van der Waals surface area contributed by atoms with Crippen molar-refractivity contribution in [3.63, 3.8) is 0 Å². The van der Waals surface area contributed by atoms with Gasteiger partial charge < -0.3 is 10.1 Å². The number of carbonyl (C=O) groups is 1. The van der Waals surface area contributed by atoms with E-state index in [-0.39, 0.29) is 17.9 Å². The number of fused-ring (bicyclic) bond motifs is 1. The number of rotatable bonds is 2. The molecule has 100 valence electrons. The fourth-order valence-electron chi connectivity index (χ4n) is 2.34. The highest BCUT2D eigenvalue weighted by atomic mass is 16.5. The summed E-state index contributed by atoms with van der Waals surface area (Å²) in [4.78, 5) is 11.4. The molecule has 0 atom stereocenters. The first-order valence-electron chi connectivity index (χ1n) is 6.30. The van der Waals surface area contributed by atoms with Crippen molar-refractivity contribution in [2.75, 3.05) is 13.7 Å². The van der Waals surface area contributed by atoms with Crippen LogP contribution in [0.3, 0.4) is 0 Å². The van der Waals surface area contributed by atoms with Crippen molar-refractivity contribution in [2.45, 2.75) is 45.7 Å². The lowest BCUT2D eigenvalue weighted by Gasteiger charge is -2.20. The third-order valence-corrected chi connectivity index (χ3v) is 3.22. The lowest BCUT2D eigenvalue weighted by Crippen LogP contribution is -2.27. The van der Waals surface area contributed by atoms with Gasteiger partial charge in [0.05, 0.1) is 12.8 Å². The van der Waals surface area contributed by atoms with Crippen LogP contribution in [0.1, 0.15) is 37.7 Å². The van der Waals surface area contributed by atoms with E-state index in [1.165, 1.54) is 18.4 Å².